The van der Waals surface area contributed by atoms with E-state index in [1.54, 1.807) is 18.2 Å². The van der Waals surface area contributed by atoms with Crippen molar-refractivity contribution in [2.75, 3.05) is 12.4 Å². The van der Waals surface area contributed by atoms with Gasteiger partial charge in [0.2, 0.25) is 5.55 Å². The Hall–Kier alpha value is -3.22. The minimum atomic E-state index is -0.908. The lowest BCUT2D eigenvalue weighted by Gasteiger charge is -2.08. The Morgan fingerprint density at radius 1 is 1.21 bits per heavy atom. The average molecular weight is 330 g/mol. The van der Waals surface area contributed by atoms with Crippen LogP contribution in [0.25, 0.3) is 11.0 Å². The first-order valence-electron chi connectivity index (χ1n) is 6.91. The highest BCUT2D eigenvalue weighted by atomic mass is 19.1. The summed E-state index contributed by atoms with van der Waals surface area (Å²) in [5, 5.41) is 10.7. The fourth-order valence-electron chi connectivity index (χ4n) is 2.24. The summed E-state index contributed by atoms with van der Waals surface area (Å²) in [6.45, 7) is 0. The van der Waals surface area contributed by atoms with E-state index in [0.29, 0.717) is 22.8 Å². The van der Waals surface area contributed by atoms with Crippen LogP contribution in [0.15, 0.2) is 46.9 Å². The normalized spacial score (nSPS) is 10.6. The molecule has 0 spiro atoms. The van der Waals surface area contributed by atoms with E-state index < -0.39 is 23.1 Å². The second-order valence-electron chi connectivity index (χ2n) is 4.95. The highest BCUT2D eigenvalue weighted by Gasteiger charge is 2.15. The summed E-state index contributed by atoms with van der Waals surface area (Å²) in [7, 11) is 1.46. The van der Waals surface area contributed by atoms with Gasteiger partial charge in [-0.2, -0.15) is 0 Å². The van der Waals surface area contributed by atoms with Crippen molar-refractivity contribution in [3.8, 4) is 5.75 Å². The third-order valence-electron chi connectivity index (χ3n) is 3.40. The third-order valence-corrected chi connectivity index (χ3v) is 3.40. The average Bonchev–Trinajstić information content (AvgIpc) is 2.56. The van der Waals surface area contributed by atoms with Gasteiger partial charge < -0.3 is 14.5 Å². The fraction of sp³-hybridized carbons (Fsp3) is 0.0588. The molecular weight excluding hydrogens is 318 g/mol. The van der Waals surface area contributed by atoms with Crippen LogP contribution in [0.5, 0.6) is 5.75 Å². The molecular formula is C17H12F2N2O3. The number of para-hydroxylation sites is 1. The summed E-state index contributed by atoms with van der Waals surface area (Å²) in [6.07, 6.45) is 0. The number of halogens is 2. The molecule has 0 unspecified atom stereocenters. The summed E-state index contributed by atoms with van der Waals surface area (Å²) in [6, 6.07) is 9.30. The van der Waals surface area contributed by atoms with Gasteiger partial charge >= 0.3 is 0 Å². The molecule has 2 N–H and O–H groups in total. The molecule has 5 nitrogen and oxygen atoms in total. The van der Waals surface area contributed by atoms with E-state index in [9.17, 15) is 13.6 Å². The zero-order valence-corrected chi connectivity index (χ0v) is 12.5. The van der Waals surface area contributed by atoms with Gasteiger partial charge in [0.25, 0.3) is 5.91 Å². The molecule has 1 aromatic heterocycles. The second kappa shape index (κ2) is 6.11. The molecule has 0 aliphatic heterocycles. The number of rotatable bonds is 3. The maximum absolute atomic E-state index is 13.6. The SMILES string of the molecule is COc1cccc2cc(C(=O)Nc3ccc(F)cc3F)c(=N)oc12. The Morgan fingerprint density at radius 2 is 2.00 bits per heavy atom. The monoisotopic (exact) mass is 330 g/mol. The smallest absolute Gasteiger partial charge is 0.261 e. The number of methoxy groups -OCH3 is 1. The molecule has 2 aromatic carbocycles. The van der Waals surface area contributed by atoms with Crippen LogP contribution >= 0.6 is 0 Å². The quantitative estimate of drug-likeness (QED) is 0.772. The number of ether oxygens (including phenoxy) is 1. The van der Waals surface area contributed by atoms with Crippen LogP contribution in [0.4, 0.5) is 14.5 Å². The molecule has 3 aromatic rings. The van der Waals surface area contributed by atoms with E-state index in [0.717, 1.165) is 12.1 Å². The minimum absolute atomic E-state index is 0.0838. The summed E-state index contributed by atoms with van der Waals surface area (Å²) >= 11 is 0. The lowest BCUT2D eigenvalue weighted by Crippen LogP contribution is -2.21. The summed E-state index contributed by atoms with van der Waals surface area (Å²) in [5.41, 5.74) is -0.340. The first-order chi connectivity index (χ1) is 11.5. The number of amides is 1. The number of nitrogens with one attached hydrogen (secondary N) is 2. The molecule has 0 aliphatic carbocycles. The molecule has 0 atom stereocenters. The number of carbonyl (C=O) groups is 1. The van der Waals surface area contributed by atoms with Crippen molar-refractivity contribution in [2.45, 2.75) is 0 Å². The van der Waals surface area contributed by atoms with Gasteiger partial charge in [0.15, 0.2) is 11.3 Å². The Morgan fingerprint density at radius 3 is 2.71 bits per heavy atom. The molecule has 0 fully saturated rings. The van der Waals surface area contributed by atoms with Gasteiger partial charge in [-0.1, -0.05) is 12.1 Å². The minimum Gasteiger partial charge on any atom is -0.493 e. The van der Waals surface area contributed by atoms with Gasteiger partial charge in [-0.15, -0.1) is 0 Å². The van der Waals surface area contributed by atoms with Gasteiger partial charge in [0, 0.05) is 11.5 Å². The number of hydrogen-bond acceptors (Lipinski definition) is 4. The first-order valence-corrected chi connectivity index (χ1v) is 6.91. The molecule has 1 amide bonds. The zero-order chi connectivity index (χ0) is 17.3. The molecule has 7 heteroatoms. The molecule has 0 bridgehead atoms. The predicted octanol–water partition coefficient (Wildman–Crippen LogP) is 3.45. The van der Waals surface area contributed by atoms with E-state index >= 15 is 0 Å². The van der Waals surface area contributed by atoms with E-state index in [1.165, 1.54) is 13.2 Å². The summed E-state index contributed by atoms with van der Waals surface area (Å²) in [5.74, 6) is -1.97. The first kappa shape index (κ1) is 15.7. The van der Waals surface area contributed by atoms with Crippen LogP contribution in [-0.2, 0) is 0 Å². The van der Waals surface area contributed by atoms with Crippen molar-refractivity contribution in [1.29, 1.82) is 5.41 Å². The van der Waals surface area contributed by atoms with E-state index in [-0.39, 0.29) is 11.3 Å². The standard InChI is InChI=1S/C17H12F2N2O3/c1-23-14-4-2-3-9-7-11(16(20)24-15(9)14)17(22)21-13-6-5-10(18)8-12(13)19/h2-8,20H,1H3,(H,21,22). The van der Waals surface area contributed by atoms with E-state index in [1.807, 2.05) is 0 Å². The number of fused-ring (bicyclic) bond motifs is 1. The van der Waals surface area contributed by atoms with Crippen molar-refractivity contribution in [3.63, 3.8) is 0 Å². The number of carbonyl (C=O) groups excluding carboxylic acids is 1. The lowest BCUT2D eigenvalue weighted by molar-refractivity contribution is 0.102. The Balaban J connectivity index is 2.01. The summed E-state index contributed by atoms with van der Waals surface area (Å²) in [4.78, 5) is 12.3. The van der Waals surface area contributed by atoms with Crippen LogP contribution < -0.4 is 15.6 Å². The topological polar surface area (TPSA) is 75.3 Å². The third kappa shape index (κ3) is 2.83. The zero-order valence-electron chi connectivity index (χ0n) is 12.5. The van der Waals surface area contributed by atoms with E-state index in [4.69, 9.17) is 14.6 Å². The van der Waals surface area contributed by atoms with Crippen LogP contribution in [-0.4, -0.2) is 13.0 Å². The predicted molar refractivity (Wildman–Crippen MR) is 82.9 cm³/mol. The highest BCUT2D eigenvalue weighted by molar-refractivity contribution is 6.05. The van der Waals surface area contributed by atoms with Crippen molar-refractivity contribution in [2.24, 2.45) is 0 Å². The molecule has 0 saturated heterocycles. The highest BCUT2D eigenvalue weighted by Crippen LogP contribution is 2.24. The van der Waals surface area contributed by atoms with Crippen LogP contribution in [0.2, 0.25) is 0 Å². The number of benzene rings is 2. The van der Waals surface area contributed by atoms with Gasteiger partial charge in [-0.3, -0.25) is 10.2 Å². The molecule has 1 heterocycles. The molecule has 0 radical (unpaired) electrons. The van der Waals surface area contributed by atoms with E-state index in [2.05, 4.69) is 5.32 Å². The second-order valence-corrected chi connectivity index (χ2v) is 4.95. The Bertz CT molecular complexity index is 999. The van der Waals surface area contributed by atoms with Gasteiger partial charge in [0.05, 0.1) is 12.8 Å². The maximum Gasteiger partial charge on any atom is 0.261 e. The van der Waals surface area contributed by atoms with Crippen molar-refractivity contribution < 1.29 is 22.7 Å². The van der Waals surface area contributed by atoms with Gasteiger partial charge in [-0.05, 0) is 24.3 Å². The summed E-state index contributed by atoms with van der Waals surface area (Å²) < 4.78 is 37.0. The largest absolute Gasteiger partial charge is 0.493 e. The Labute approximate surface area is 135 Å². The van der Waals surface area contributed by atoms with Crippen molar-refractivity contribution in [1.82, 2.24) is 0 Å². The molecule has 24 heavy (non-hydrogen) atoms. The van der Waals surface area contributed by atoms with Crippen LogP contribution in [0.1, 0.15) is 10.4 Å². The molecule has 0 saturated carbocycles. The van der Waals surface area contributed by atoms with Crippen LogP contribution in [0.3, 0.4) is 0 Å². The Kier molecular flexibility index (Phi) is 3.99. The molecule has 3 rings (SSSR count). The maximum atomic E-state index is 13.6. The lowest BCUT2D eigenvalue weighted by atomic mass is 10.1. The van der Waals surface area contributed by atoms with Gasteiger partial charge in [0.1, 0.15) is 17.2 Å². The molecule has 122 valence electrons. The fourth-order valence-corrected chi connectivity index (χ4v) is 2.24. The molecule has 0 aliphatic rings. The number of anilines is 1. The number of hydrogen-bond donors (Lipinski definition) is 2. The van der Waals surface area contributed by atoms with Crippen molar-refractivity contribution in [3.05, 3.63) is 65.2 Å². The van der Waals surface area contributed by atoms with Crippen molar-refractivity contribution >= 4 is 22.6 Å². The van der Waals surface area contributed by atoms with Gasteiger partial charge in [-0.25, -0.2) is 8.78 Å². The van der Waals surface area contributed by atoms with Crippen LogP contribution in [0, 0.1) is 17.0 Å².